The predicted octanol–water partition coefficient (Wildman–Crippen LogP) is 4.86. The predicted molar refractivity (Wildman–Crippen MR) is 96.5 cm³/mol. The first kappa shape index (κ1) is 17.4. The number of aromatic nitrogens is 1. The lowest BCUT2D eigenvalue weighted by Gasteiger charge is -2.05. The maximum atomic E-state index is 13.2. The third-order valence-electron chi connectivity index (χ3n) is 3.58. The van der Waals surface area contributed by atoms with Crippen molar-refractivity contribution in [3.63, 3.8) is 0 Å². The molecule has 0 unspecified atom stereocenters. The molecular weight excluding hydrogens is 394 g/mol. The molecule has 1 aromatic heterocycles. The van der Waals surface area contributed by atoms with Gasteiger partial charge in [0.15, 0.2) is 11.6 Å². The fourth-order valence-corrected chi connectivity index (χ4v) is 2.61. The van der Waals surface area contributed by atoms with Gasteiger partial charge in [-0.1, -0.05) is 22.0 Å². The van der Waals surface area contributed by atoms with E-state index in [1.807, 2.05) is 18.2 Å². The minimum atomic E-state index is -1.02. The summed E-state index contributed by atoms with van der Waals surface area (Å²) in [5.74, 6) is -1.75. The van der Waals surface area contributed by atoms with Crippen LogP contribution in [0, 0.1) is 11.6 Å². The van der Waals surface area contributed by atoms with Crippen molar-refractivity contribution in [1.29, 1.82) is 0 Å². The van der Waals surface area contributed by atoms with Crippen LogP contribution >= 0.6 is 15.9 Å². The molecule has 0 atom stereocenters. The Kier molecular flexibility index (Phi) is 5.33. The van der Waals surface area contributed by atoms with Gasteiger partial charge in [0.1, 0.15) is 11.4 Å². The van der Waals surface area contributed by atoms with Crippen LogP contribution in [0.1, 0.15) is 16.9 Å². The average Bonchev–Trinajstić information content (AvgIpc) is 3.04. The van der Waals surface area contributed by atoms with Crippen molar-refractivity contribution in [2.75, 3.05) is 17.3 Å². The SMILES string of the molecule is O=C(Nc1ccc(F)c(F)c1)c1cc2c(OCCCBr)cccc2[nH]1. The zero-order valence-corrected chi connectivity index (χ0v) is 14.7. The number of aromatic amines is 1. The van der Waals surface area contributed by atoms with Gasteiger partial charge in [0.2, 0.25) is 0 Å². The van der Waals surface area contributed by atoms with Crippen molar-refractivity contribution in [3.8, 4) is 5.75 Å². The van der Waals surface area contributed by atoms with E-state index in [4.69, 9.17) is 4.74 Å². The number of hydrogen-bond donors (Lipinski definition) is 2. The van der Waals surface area contributed by atoms with Crippen LogP contribution < -0.4 is 10.1 Å². The summed E-state index contributed by atoms with van der Waals surface area (Å²) in [4.78, 5) is 15.3. The Hall–Kier alpha value is -2.41. The van der Waals surface area contributed by atoms with Crippen LogP contribution in [-0.4, -0.2) is 22.8 Å². The first-order valence-corrected chi connectivity index (χ1v) is 8.77. The standard InChI is InChI=1S/C18H15BrF2N2O2/c19-7-2-8-25-17-4-1-3-15-12(17)10-16(23-15)18(24)22-11-5-6-13(20)14(21)9-11/h1,3-6,9-10,23H,2,7-8H2,(H,22,24). The lowest BCUT2D eigenvalue weighted by atomic mass is 10.2. The maximum absolute atomic E-state index is 13.2. The monoisotopic (exact) mass is 408 g/mol. The molecule has 0 radical (unpaired) electrons. The summed E-state index contributed by atoms with van der Waals surface area (Å²) in [5.41, 5.74) is 1.24. The largest absolute Gasteiger partial charge is 0.493 e. The van der Waals surface area contributed by atoms with Gasteiger partial charge in [-0.15, -0.1) is 0 Å². The molecule has 0 saturated heterocycles. The lowest BCUT2D eigenvalue weighted by molar-refractivity contribution is 0.102. The normalized spacial score (nSPS) is 10.8. The van der Waals surface area contributed by atoms with E-state index in [0.29, 0.717) is 18.1 Å². The summed E-state index contributed by atoms with van der Waals surface area (Å²) in [5, 5.41) is 4.17. The van der Waals surface area contributed by atoms with E-state index >= 15 is 0 Å². The minimum Gasteiger partial charge on any atom is -0.493 e. The van der Waals surface area contributed by atoms with Crippen LogP contribution in [0.25, 0.3) is 10.9 Å². The van der Waals surface area contributed by atoms with Gasteiger partial charge in [-0.25, -0.2) is 8.78 Å². The molecule has 0 fully saturated rings. The van der Waals surface area contributed by atoms with Gasteiger partial charge in [0, 0.05) is 28.0 Å². The summed E-state index contributed by atoms with van der Waals surface area (Å²) in [6.07, 6.45) is 0.865. The number of amides is 1. The molecule has 130 valence electrons. The summed E-state index contributed by atoms with van der Waals surface area (Å²) in [6.45, 7) is 0.561. The number of nitrogens with one attached hydrogen (secondary N) is 2. The third-order valence-corrected chi connectivity index (χ3v) is 4.14. The van der Waals surface area contributed by atoms with E-state index in [1.165, 1.54) is 6.07 Å². The third kappa shape index (κ3) is 3.99. The second-order valence-corrected chi connectivity index (χ2v) is 6.17. The molecule has 7 heteroatoms. The van der Waals surface area contributed by atoms with Crippen molar-refractivity contribution < 1.29 is 18.3 Å². The lowest BCUT2D eigenvalue weighted by Crippen LogP contribution is -2.12. The number of hydrogen-bond acceptors (Lipinski definition) is 2. The summed E-state index contributed by atoms with van der Waals surface area (Å²) >= 11 is 3.35. The number of H-pyrrole nitrogens is 1. The molecule has 3 rings (SSSR count). The number of ether oxygens (including phenoxy) is 1. The number of carbonyl (C=O) groups excluding carboxylic acids is 1. The van der Waals surface area contributed by atoms with Gasteiger partial charge < -0.3 is 15.0 Å². The Morgan fingerprint density at radius 1 is 1.16 bits per heavy atom. The maximum Gasteiger partial charge on any atom is 0.272 e. The number of alkyl halides is 1. The fourth-order valence-electron chi connectivity index (χ4n) is 2.38. The van der Waals surface area contributed by atoms with Gasteiger partial charge in [-0.2, -0.15) is 0 Å². The van der Waals surface area contributed by atoms with Crippen molar-refractivity contribution in [1.82, 2.24) is 4.98 Å². The summed E-state index contributed by atoms with van der Waals surface area (Å²) in [6, 6.07) is 10.4. The number of rotatable bonds is 6. The Bertz CT molecular complexity index is 911. The average molecular weight is 409 g/mol. The zero-order valence-electron chi connectivity index (χ0n) is 13.1. The van der Waals surface area contributed by atoms with Gasteiger partial charge in [-0.05, 0) is 36.8 Å². The highest BCUT2D eigenvalue weighted by molar-refractivity contribution is 9.09. The Morgan fingerprint density at radius 3 is 2.76 bits per heavy atom. The molecule has 25 heavy (non-hydrogen) atoms. The number of carbonyl (C=O) groups is 1. The molecule has 0 saturated carbocycles. The van der Waals surface area contributed by atoms with E-state index in [1.54, 1.807) is 6.07 Å². The Morgan fingerprint density at radius 2 is 2.00 bits per heavy atom. The molecule has 0 aliphatic heterocycles. The van der Waals surface area contributed by atoms with Crippen LogP contribution in [-0.2, 0) is 0 Å². The van der Waals surface area contributed by atoms with Crippen LogP contribution in [0.4, 0.5) is 14.5 Å². The quantitative estimate of drug-likeness (QED) is 0.451. The van der Waals surface area contributed by atoms with Crippen LogP contribution in [0.5, 0.6) is 5.75 Å². The molecule has 4 nitrogen and oxygen atoms in total. The van der Waals surface area contributed by atoms with Crippen molar-refractivity contribution in [2.24, 2.45) is 0 Å². The first-order chi connectivity index (χ1) is 12.1. The van der Waals surface area contributed by atoms with E-state index in [-0.39, 0.29) is 5.69 Å². The summed E-state index contributed by atoms with van der Waals surface area (Å²) in [7, 11) is 0. The van der Waals surface area contributed by atoms with Crippen LogP contribution in [0.2, 0.25) is 0 Å². The minimum absolute atomic E-state index is 0.177. The van der Waals surface area contributed by atoms with E-state index < -0.39 is 17.5 Å². The highest BCUT2D eigenvalue weighted by Crippen LogP contribution is 2.27. The first-order valence-electron chi connectivity index (χ1n) is 7.65. The number of halogens is 3. The molecule has 1 heterocycles. The van der Waals surface area contributed by atoms with E-state index in [0.717, 1.165) is 34.8 Å². The van der Waals surface area contributed by atoms with E-state index in [9.17, 15) is 13.6 Å². The number of fused-ring (bicyclic) bond motifs is 1. The van der Waals surface area contributed by atoms with Gasteiger partial charge in [0.25, 0.3) is 5.91 Å². The summed E-state index contributed by atoms with van der Waals surface area (Å²) < 4.78 is 31.9. The topological polar surface area (TPSA) is 54.1 Å². The van der Waals surface area contributed by atoms with Crippen molar-refractivity contribution >= 4 is 38.4 Å². The van der Waals surface area contributed by atoms with Crippen LogP contribution in [0.3, 0.4) is 0 Å². The second-order valence-electron chi connectivity index (χ2n) is 5.37. The highest BCUT2D eigenvalue weighted by Gasteiger charge is 2.13. The highest BCUT2D eigenvalue weighted by atomic mass is 79.9. The van der Waals surface area contributed by atoms with Crippen molar-refractivity contribution in [3.05, 3.63) is 59.8 Å². The number of anilines is 1. The number of benzene rings is 2. The van der Waals surface area contributed by atoms with E-state index in [2.05, 4.69) is 26.2 Å². The van der Waals surface area contributed by atoms with Gasteiger partial charge in [-0.3, -0.25) is 4.79 Å². The molecule has 3 aromatic rings. The van der Waals surface area contributed by atoms with Gasteiger partial charge >= 0.3 is 0 Å². The zero-order chi connectivity index (χ0) is 17.8. The molecule has 2 N–H and O–H groups in total. The fraction of sp³-hybridized carbons (Fsp3) is 0.167. The van der Waals surface area contributed by atoms with Gasteiger partial charge in [0.05, 0.1) is 6.61 Å². The molecule has 0 aliphatic carbocycles. The second kappa shape index (κ2) is 7.65. The molecule has 1 amide bonds. The molecule has 0 bridgehead atoms. The molecule has 2 aromatic carbocycles. The smallest absolute Gasteiger partial charge is 0.272 e. The Balaban J connectivity index is 1.81. The molecule has 0 spiro atoms. The molecule has 0 aliphatic rings. The molecular formula is C18H15BrF2N2O2. The van der Waals surface area contributed by atoms with Crippen molar-refractivity contribution in [2.45, 2.75) is 6.42 Å². The Labute approximate surface area is 151 Å². The van der Waals surface area contributed by atoms with Crippen LogP contribution in [0.15, 0.2) is 42.5 Å².